The van der Waals surface area contributed by atoms with E-state index in [4.69, 9.17) is 9.26 Å². The maximum atomic E-state index is 13.1. The Labute approximate surface area is 188 Å². The number of benzene rings is 1. The average molecular weight is 444 g/mol. The fourth-order valence-corrected chi connectivity index (χ4v) is 4.46. The number of aromatic nitrogens is 2. The van der Waals surface area contributed by atoms with Gasteiger partial charge in [-0.3, -0.25) is 4.90 Å². The summed E-state index contributed by atoms with van der Waals surface area (Å²) >= 11 is 0. The molecular weight excluding hydrogens is 410 g/mol. The van der Waals surface area contributed by atoms with E-state index in [1.165, 1.54) is 0 Å². The second-order valence-electron chi connectivity index (χ2n) is 9.33. The molecule has 3 heterocycles. The summed E-state index contributed by atoms with van der Waals surface area (Å²) in [5.41, 5.74) is 2.27. The first-order valence-corrected chi connectivity index (χ1v) is 11.3. The van der Waals surface area contributed by atoms with E-state index in [1.54, 1.807) is 17.9 Å². The van der Waals surface area contributed by atoms with Gasteiger partial charge in [-0.1, -0.05) is 0 Å². The van der Waals surface area contributed by atoms with Crippen LogP contribution in [0.3, 0.4) is 0 Å². The van der Waals surface area contributed by atoms with Crippen molar-refractivity contribution in [3.63, 3.8) is 0 Å². The molecule has 1 saturated heterocycles. The zero-order valence-electron chi connectivity index (χ0n) is 19.8. The third-order valence-corrected chi connectivity index (χ3v) is 6.94. The molecule has 9 heteroatoms. The largest absolute Gasteiger partial charge is 0.585 e. The highest BCUT2D eigenvalue weighted by Crippen LogP contribution is 2.44. The van der Waals surface area contributed by atoms with Gasteiger partial charge in [-0.25, -0.2) is 0 Å². The predicted molar refractivity (Wildman–Crippen MR) is 119 cm³/mol. The number of hydrogen-bond acceptors (Lipinski definition) is 7. The molecule has 0 aliphatic carbocycles. The first-order valence-electron chi connectivity index (χ1n) is 11.3. The standard InChI is InChI=1S/C23H33N5O4/c1-14(2)26-9-11-27(12-10-26)28-13-19(32-25-28)24-22(30)23(6)8-7-18-17(5)20(29)15(3)16(4)21(18)31-23/h13-14H,7-12H2,1-6H3,(H-,24,25,29,30). The van der Waals surface area contributed by atoms with Gasteiger partial charge in [0.2, 0.25) is 5.27 Å². The molecule has 1 unspecified atom stereocenters. The van der Waals surface area contributed by atoms with E-state index >= 15 is 0 Å². The number of piperazine rings is 1. The molecule has 0 spiro atoms. The SMILES string of the molecule is Cc1c(C)c2c(c(C)c1O)CCC(C)(C(=O)[N-]c1c[n+](N3CCN(C(C)C)CC3)no1)O2. The van der Waals surface area contributed by atoms with Crippen molar-refractivity contribution >= 4 is 11.8 Å². The van der Waals surface area contributed by atoms with Crippen molar-refractivity contribution in [2.75, 3.05) is 31.2 Å². The highest BCUT2D eigenvalue weighted by Gasteiger charge is 2.37. The summed E-state index contributed by atoms with van der Waals surface area (Å²) < 4.78 is 11.5. The third-order valence-electron chi connectivity index (χ3n) is 6.94. The molecule has 32 heavy (non-hydrogen) atoms. The second-order valence-corrected chi connectivity index (χ2v) is 9.33. The quantitative estimate of drug-likeness (QED) is 0.726. The number of phenolic OH excluding ortho intramolecular Hbond substituents is 1. The predicted octanol–water partition coefficient (Wildman–Crippen LogP) is 2.57. The van der Waals surface area contributed by atoms with Crippen LogP contribution in [0, 0.1) is 20.8 Å². The highest BCUT2D eigenvalue weighted by molar-refractivity contribution is 6.01. The van der Waals surface area contributed by atoms with Crippen LogP contribution in [-0.2, 0) is 11.2 Å². The summed E-state index contributed by atoms with van der Waals surface area (Å²) in [7, 11) is 0. The van der Waals surface area contributed by atoms with Crippen LogP contribution < -0.4 is 14.5 Å². The van der Waals surface area contributed by atoms with Crippen molar-refractivity contribution in [3.05, 3.63) is 33.8 Å². The number of amides is 1. The van der Waals surface area contributed by atoms with Gasteiger partial charge in [0, 0.05) is 24.7 Å². The summed E-state index contributed by atoms with van der Waals surface area (Å²) in [6.07, 6.45) is 2.74. The topological polar surface area (TPSA) is 97.0 Å². The Hall–Kier alpha value is -2.81. The molecule has 0 radical (unpaired) electrons. The van der Waals surface area contributed by atoms with Crippen molar-refractivity contribution in [3.8, 4) is 11.5 Å². The van der Waals surface area contributed by atoms with Crippen LogP contribution >= 0.6 is 0 Å². The first-order chi connectivity index (χ1) is 15.1. The van der Waals surface area contributed by atoms with E-state index in [0.717, 1.165) is 48.4 Å². The van der Waals surface area contributed by atoms with Gasteiger partial charge < -0.3 is 24.5 Å². The number of fused-ring (bicyclic) bond motifs is 1. The molecule has 0 saturated carbocycles. The Bertz CT molecular complexity index is 1030. The van der Waals surface area contributed by atoms with Gasteiger partial charge in [0.25, 0.3) is 6.20 Å². The van der Waals surface area contributed by atoms with Gasteiger partial charge in [0.05, 0.1) is 17.9 Å². The van der Waals surface area contributed by atoms with E-state index in [0.29, 0.717) is 30.4 Å². The fourth-order valence-electron chi connectivity index (χ4n) is 4.46. The number of hydrogen-bond donors (Lipinski definition) is 1. The number of aromatic hydroxyl groups is 1. The average Bonchev–Trinajstić information content (AvgIpc) is 3.24. The first kappa shape index (κ1) is 22.4. The number of carbonyl (C=O) groups is 1. The maximum absolute atomic E-state index is 13.1. The lowest BCUT2D eigenvalue weighted by Gasteiger charge is -2.40. The molecule has 1 amide bonds. The van der Waals surface area contributed by atoms with Crippen molar-refractivity contribution in [2.24, 2.45) is 0 Å². The van der Waals surface area contributed by atoms with E-state index < -0.39 is 11.5 Å². The zero-order valence-corrected chi connectivity index (χ0v) is 19.8. The zero-order chi connectivity index (χ0) is 23.2. The van der Waals surface area contributed by atoms with Crippen LogP contribution in [0.25, 0.3) is 5.32 Å². The van der Waals surface area contributed by atoms with Crippen molar-refractivity contribution in [1.82, 2.24) is 10.2 Å². The van der Waals surface area contributed by atoms with E-state index in [1.807, 2.05) is 20.8 Å². The Balaban J connectivity index is 1.45. The minimum absolute atomic E-state index is 0.159. The van der Waals surface area contributed by atoms with Crippen LogP contribution in [0.4, 0.5) is 5.88 Å². The van der Waals surface area contributed by atoms with Crippen LogP contribution in [0.5, 0.6) is 11.5 Å². The molecular formula is C23H33N5O4. The summed E-state index contributed by atoms with van der Waals surface area (Å²) in [5, 5.41) is 20.7. The summed E-state index contributed by atoms with van der Waals surface area (Å²) in [6, 6.07) is 0.518. The maximum Gasteiger partial charge on any atom is 0.257 e. The molecule has 2 aliphatic heterocycles. The minimum atomic E-state index is -1.10. The molecule has 0 bridgehead atoms. The van der Waals surface area contributed by atoms with Crippen LogP contribution in [0.2, 0.25) is 0 Å². The lowest BCUT2D eigenvalue weighted by atomic mass is 9.86. The molecule has 1 aromatic heterocycles. The van der Waals surface area contributed by atoms with Gasteiger partial charge in [0.15, 0.2) is 0 Å². The molecule has 2 aliphatic rings. The normalized spacial score (nSPS) is 21.4. The van der Waals surface area contributed by atoms with Gasteiger partial charge in [-0.15, -0.1) is 0 Å². The number of rotatable bonds is 4. The summed E-state index contributed by atoms with van der Waals surface area (Å²) in [4.78, 5) is 17.1. The van der Waals surface area contributed by atoms with Crippen molar-refractivity contribution < 1.29 is 24.0 Å². The lowest BCUT2D eigenvalue weighted by Crippen LogP contribution is -2.65. The van der Waals surface area contributed by atoms with Gasteiger partial charge in [-0.05, 0) is 71.1 Å². The van der Waals surface area contributed by atoms with Gasteiger partial charge in [-0.2, -0.15) is 5.01 Å². The number of phenols is 1. The van der Waals surface area contributed by atoms with Crippen molar-refractivity contribution in [1.29, 1.82) is 0 Å². The molecule has 1 fully saturated rings. The Morgan fingerprint density at radius 3 is 2.53 bits per heavy atom. The Kier molecular flexibility index (Phi) is 5.79. The van der Waals surface area contributed by atoms with Gasteiger partial charge >= 0.3 is 0 Å². The second kappa shape index (κ2) is 8.27. The number of carbonyl (C=O) groups excluding carboxylic acids is 1. The summed E-state index contributed by atoms with van der Waals surface area (Å²) in [6.45, 7) is 15.3. The monoisotopic (exact) mass is 443 g/mol. The molecule has 2 aromatic rings. The Morgan fingerprint density at radius 2 is 1.88 bits per heavy atom. The van der Waals surface area contributed by atoms with E-state index in [9.17, 15) is 9.90 Å². The number of nitrogens with zero attached hydrogens (tertiary/aromatic N) is 5. The van der Waals surface area contributed by atoms with Crippen LogP contribution in [-0.4, -0.2) is 59.0 Å². The fraction of sp³-hybridized carbons (Fsp3) is 0.609. The molecule has 1 aromatic carbocycles. The molecule has 1 atom stereocenters. The minimum Gasteiger partial charge on any atom is -0.585 e. The highest BCUT2D eigenvalue weighted by atomic mass is 16.5. The smallest absolute Gasteiger partial charge is 0.257 e. The molecule has 9 nitrogen and oxygen atoms in total. The lowest BCUT2D eigenvalue weighted by molar-refractivity contribution is -0.759. The molecule has 4 rings (SSSR count). The van der Waals surface area contributed by atoms with E-state index in [-0.39, 0.29) is 5.88 Å². The molecule has 174 valence electrons. The Morgan fingerprint density at radius 1 is 1.19 bits per heavy atom. The van der Waals surface area contributed by atoms with Crippen LogP contribution in [0.1, 0.15) is 49.4 Å². The van der Waals surface area contributed by atoms with Gasteiger partial charge in [0.1, 0.15) is 28.9 Å². The number of ether oxygens (including phenoxy) is 1. The van der Waals surface area contributed by atoms with E-state index in [2.05, 4.69) is 34.3 Å². The molecule has 1 N–H and O–H groups in total. The van der Waals surface area contributed by atoms with Crippen molar-refractivity contribution in [2.45, 2.75) is 66.0 Å². The third kappa shape index (κ3) is 3.90. The summed E-state index contributed by atoms with van der Waals surface area (Å²) in [5.74, 6) is 0.723. The van der Waals surface area contributed by atoms with Crippen LogP contribution in [0.15, 0.2) is 10.7 Å².